The summed E-state index contributed by atoms with van der Waals surface area (Å²) in [5, 5.41) is 3.04. The molecule has 1 N–H and O–H groups in total. The second kappa shape index (κ2) is 7.92. The molecule has 0 saturated carbocycles. The third-order valence-electron chi connectivity index (χ3n) is 4.47. The van der Waals surface area contributed by atoms with Crippen LogP contribution >= 0.6 is 0 Å². The van der Waals surface area contributed by atoms with E-state index in [4.69, 9.17) is 9.47 Å². The van der Waals surface area contributed by atoms with Crippen LogP contribution in [-0.4, -0.2) is 31.3 Å². The molecule has 0 bridgehead atoms. The maximum Gasteiger partial charge on any atom is 0.317 e. The molecule has 5 nitrogen and oxygen atoms in total. The lowest BCUT2D eigenvalue weighted by Crippen LogP contribution is -2.38. The van der Waals surface area contributed by atoms with Crippen LogP contribution < -0.4 is 14.8 Å². The van der Waals surface area contributed by atoms with Gasteiger partial charge in [-0.25, -0.2) is 4.79 Å². The van der Waals surface area contributed by atoms with Gasteiger partial charge in [0.25, 0.3) is 0 Å². The van der Waals surface area contributed by atoms with Gasteiger partial charge in [0.15, 0.2) is 11.5 Å². The number of ether oxygens (including phenoxy) is 2. The van der Waals surface area contributed by atoms with Crippen LogP contribution in [-0.2, 0) is 6.54 Å². The van der Waals surface area contributed by atoms with E-state index < -0.39 is 0 Å². The van der Waals surface area contributed by atoms with Crippen LogP contribution in [0.4, 0.5) is 4.79 Å². The first-order valence-corrected chi connectivity index (χ1v) is 8.59. The van der Waals surface area contributed by atoms with E-state index in [2.05, 4.69) is 24.4 Å². The van der Waals surface area contributed by atoms with E-state index in [1.54, 1.807) is 11.9 Å². The van der Waals surface area contributed by atoms with E-state index in [1.165, 1.54) is 5.56 Å². The molecule has 132 valence electrons. The summed E-state index contributed by atoms with van der Waals surface area (Å²) in [4.78, 5) is 14.1. The number of rotatable bonds is 6. The van der Waals surface area contributed by atoms with Crippen LogP contribution in [0.25, 0.3) is 0 Å². The number of nitrogens with one attached hydrogen (secondary N) is 1. The summed E-state index contributed by atoms with van der Waals surface area (Å²) in [6.45, 7) is 3.54. The Kier molecular flexibility index (Phi) is 5.43. The highest BCUT2D eigenvalue weighted by molar-refractivity contribution is 5.74. The van der Waals surface area contributed by atoms with Crippen LogP contribution in [0.2, 0.25) is 0 Å². The Morgan fingerprint density at radius 3 is 2.68 bits per heavy atom. The van der Waals surface area contributed by atoms with Crippen LogP contribution in [0.3, 0.4) is 0 Å². The first-order chi connectivity index (χ1) is 12.2. The molecule has 0 spiro atoms. The van der Waals surface area contributed by atoms with Crippen molar-refractivity contribution in [1.29, 1.82) is 0 Å². The van der Waals surface area contributed by atoms with E-state index in [0.29, 0.717) is 19.0 Å². The fourth-order valence-electron chi connectivity index (χ4n) is 2.95. The molecule has 2 aromatic carbocycles. The minimum absolute atomic E-state index is 0.0768. The van der Waals surface area contributed by atoms with Gasteiger partial charge in [-0.15, -0.1) is 0 Å². The molecular formula is C20H24N2O3. The Labute approximate surface area is 148 Å². The summed E-state index contributed by atoms with van der Waals surface area (Å²) >= 11 is 0. The lowest BCUT2D eigenvalue weighted by molar-refractivity contribution is 0.174. The normalized spacial score (nSPS) is 13.4. The number of carbonyl (C=O) groups is 1. The van der Waals surface area contributed by atoms with Gasteiger partial charge in [0.05, 0.1) is 0 Å². The van der Waals surface area contributed by atoms with Gasteiger partial charge in [0, 0.05) is 26.1 Å². The first kappa shape index (κ1) is 17.1. The third kappa shape index (κ3) is 4.24. The first-order valence-electron chi connectivity index (χ1n) is 8.59. The van der Waals surface area contributed by atoms with E-state index in [1.807, 2.05) is 36.4 Å². The highest BCUT2D eigenvalue weighted by atomic mass is 16.7. The molecule has 0 fully saturated rings. The Morgan fingerprint density at radius 1 is 1.16 bits per heavy atom. The zero-order chi connectivity index (χ0) is 17.6. The summed E-state index contributed by atoms with van der Waals surface area (Å²) in [6.07, 6.45) is 0.982. The van der Waals surface area contributed by atoms with Crippen molar-refractivity contribution in [2.75, 3.05) is 20.4 Å². The molecule has 1 unspecified atom stereocenters. The van der Waals surface area contributed by atoms with Gasteiger partial charge < -0.3 is 19.7 Å². The molecule has 0 aliphatic carbocycles. The number of urea groups is 1. The molecule has 3 rings (SSSR count). The Balaban J connectivity index is 1.54. The lowest BCUT2D eigenvalue weighted by Gasteiger charge is -2.21. The maximum atomic E-state index is 12.4. The van der Waals surface area contributed by atoms with Crippen LogP contribution in [0.15, 0.2) is 48.5 Å². The molecule has 25 heavy (non-hydrogen) atoms. The van der Waals surface area contributed by atoms with Crippen LogP contribution in [0.5, 0.6) is 11.5 Å². The molecule has 0 aromatic heterocycles. The van der Waals surface area contributed by atoms with Gasteiger partial charge in [-0.1, -0.05) is 43.3 Å². The van der Waals surface area contributed by atoms with Crippen molar-refractivity contribution in [3.63, 3.8) is 0 Å². The van der Waals surface area contributed by atoms with Crippen LogP contribution in [0.1, 0.15) is 30.4 Å². The zero-order valence-corrected chi connectivity index (χ0v) is 14.7. The van der Waals surface area contributed by atoms with Gasteiger partial charge in [-0.05, 0) is 29.7 Å². The predicted octanol–water partition coefficient (Wildman–Crippen LogP) is 3.75. The van der Waals surface area contributed by atoms with E-state index in [-0.39, 0.29) is 12.8 Å². The quantitative estimate of drug-likeness (QED) is 0.871. The fourth-order valence-corrected chi connectivity index (χ4v) is 2.95. The van der Waals surface area contributed by atoms with Crippen molar-refractivity contribution in [3.8, 4) is 11.5 Å². The molecule has 5 heteroatoms. The molecule has 0 radical (unpaired) electrons. The van der Waals surface area contributed by atoms with Gasteiger partial charge in [0.1, 0.15) is 0 Å². The van der Waals surface area contributed by atoms with E-state index >= 15 is 0 Å². The molecule has 1 aliphatic rings. The lowest BCUT2D eigenvalue weighted by atomic mass is 9.97. The second-order valence-electron chi connectivity index (χ2n) is 6.25. The highest BCUT2D eigenvalue weighted by Crippen LogP contribution is 2.32. The van der Waals surface area contributed by atoms with Crippen molar-refractivity contribution in [2.45, 2.75) is 25.8 Å². The molecule has 0 saturated heterocycles. The van der Waals surface area contributed by atoms with Crippen LogP contribution in [0, 0.1) is 0 Å². The number of benzene rings is 2. The van der Waals surface area contributed by atoms with Crippen molar-refractivity contribution in [3.05, 3.63) is 59.7 Å². The SMILES string of the molecule is CCC(CNC(=O)N(C)Cc1ccc2c(c1)OCO2)c1ccccc1. The smallest absolute Gasteiger partial charge is 0.317 e. The maximum absolute atomic E-state index is 12.4. The molecule has 1 aliphatic heterocycles. The minimum Gasteiger partial charge on any atom is -0.454 e. The summed E-state index contributed by atoms with van der Waals surface area (Å²) < 4.78 is 10.7. The Morgan fingerprint density at radius 2 is 1.92 bits per heavy atom. The van der Waals surface area contributed by atoms with Gasteiger partial charge >= 0.3 is 6.03 Å². The topological polar surface area (TPSA) is 50.8 Å². The van der Waals surface area contributed by atoms with Gasteiger partial charge in [-0.2, -0.15) is 0 Å². The zero-order valence-electron chi connectivity index (χ0n) is 14.7. The Bertz CT molecular complexity index is 718. The number of fused-ring (bicyclic) bond motifs is 1. The monoisotopic (exact) mass is 340 g/mol. The molecule has 2 amide bonds. The minimum atomic E-state index is -0.0768. The van der Waals surface area contributed by atoms with E-state index in [9.17, 15) is 4.79 Å². The predicted molar refractivity (Wildman–Crippen MR) is 96.9 cm³/mol. The van der Waals surface area contributed by atoms with Crippen molar-refractivity contribution in [2.24, 2.45) is 0 Å². The molecular weight excluding hydrogens is 316 g/mol. The standard InChI is InChI=1S/C20H24N2O3/c1-3-16(17-7-5-4-6-8-17)12-21-20(23)22(2)13-15-9-10-18-19(11-15)25-14-24-18/h4-11,16H,3,12-14H2,1-2H3,(H,21,23). The number of hydrogen-bond donors (Lipinski definition) is 1. The van der Waals surface area contributed by atoms with Crippen molar-refractivity contribution < 1.29 is 14.3 Å². The number of hydrogen-bond acceptors (Lipinski definition) is 3. The average molecular weight is 340 g/mol. The van der Waals surface area contributed by atoms with Gasteiger partial charge in [0.2, 0.25) is 6.79 Å². The number of nitrogens with zero attached hydrogens (tertiary/aromatic N) is 1. The van der Waals surface area contributed by atoms with Crippen molar-refractivity contribution in [1.82, 2.24) is 10.2 Å². The highest BCUT2D eigenvalue weighted by Gasteiger charge is 2.16. The Hall–Kier alpha value is -2.69. The van der Waals surface area contributed by atoms with Crippen molar-refractivity contribution >= 4 is 6.03 Å². The number of amides is 2. The van der Waals surface area contributed by atoms with E-state index in [0.717, 1.165) is 23.5 Å². The van der Waals surface area contributed by atoms with Gasteiger partial charge in [-0.3, -0.25) is 0 Å². The summed E-state index contributed by atoms with van der Waals surface area (Å²) in [6, 6.07) is 16.0. The average Bonchev–Trinajstić information content (AvgIpc) is 3.10. The summed E-state index contributed by atoms with van der Waals surface area (Å²) in [5.41, 5.74) is 2.26. The largest absolute Gasteiger partial charge is 0.454 e. The molecule has 2 aromatic rings. The fraction of sp³-hybridized carbons (Fsp3) is 0.350. The molecule has 1 heterocycles. The number of carbonyl (C=O) groups excluding carboxylic acids is 1. The molecule has 1 atom stereocenters. The summed E-state index contributed by atoms with van der Waals surface area (Å²) in [7, 11) is 1.80. The second-order valence-corrected chi connectivity index (χ2v) is 6.25. The summed E-state index contributed by atoms with van der Waals surface area (Å²) in [5.74, 6) is 1.81. The third-order valence-corrected chi connectivity index (χ3v) is 4.47.